The van der Waals surface area contributed by atoms with Crippen LogP contribution in [0.5, 0.6) is 0 Å². The molecule has 3 aromatic rings. The van der Waals surface area contributed by atoms with Gasteiger partial charge in [-0.25, -0.2) is 17.1 Å². The molecule has 10 nitrogen and oxygen atoms in total. The predicted molar refractivity (Wildman–Crippen MR) is 135 cm³/mol. The molecule has 0 saturated carbocycles. The molecule has 0 aliphatic carbocycles. The van der Waals surface area contributed by atoms with Crippen LogP contribution in [0.3, 0.4) is 0 Å². The number of nitrogens with one attached hydrogen (secondary N) is 3. The normalized spacial score (nSPS) is 16.7. The number of pyridine rings is 1. The Labute approximate surface area is 208 Å². The highest BCUT2D eigenvalue weighted by molar-refractivity contribution is 7.88. The largest absolute Gasteiger partial charge is 0.387 e. The molecular formula is C24H29FN6O4S. The summed E-state index contributed by atoms with van der Waals surface area (Å²) in [6.45, 7) is 2.96. The molecule has 4 rings (SSSR count). The SMILES string of the molecule is CC(C)(O)[C@H](F)CNC(=O)c1cnc2c([nH]c3cc(C#N)ccc32)c1NC1CCN(S(C)(=O)=O)CC1. The van der Waals surface area contributed by atoms with Crippen molar-refractivity contribution in [3.8, 4) is 6.07 Å². The van der Waals surface area contributed by atoms with E-state index in [1.54, 1.807) is 18.2 Å². The Hall–Kier alpha value is -3.27. The lowest BCUT2D eigenvalue weighted by atomic mass is 10.0. The van der Waals surface area contributed by atoms with E-state index in [9.17, 15) is 28.0 Å². The maximum Gasteiger partial charge on any atom is 0.255 e. The number of anilines is 1. The minimum absolute atomic E-state index is 0.119. The number of hydrogen-bond donors (Lipinski definition) is 4. The van der Waals surface area contributed by atoms with Crippen molar-refractivity contribution in [2.24, 2.45) is 0 Å². The van der Waals surface area contributed by atoms with Gasteiger partial charge >= 0.3 is 0 Å². The first-order valence-corrected chi connectivity index (χ1v) is 13.4. The Balaban J connectivity index is 1.71. The molecular weight excluding hydrogens is 487 g/mol. The minimum Gasteiger partial charge on any atom is -0.387 e. The van der Waals surface area contributed by atoms with Gasteiger partial charge in [-0.05, 0) is 44.9 Å². The van der Waals surface area contributed by atoms with Crippen LogP contribution >= 0.6 is 0 Å². The van der Waals surface area contributed by atoms with Gasteiger partial charge < -0.3 is 20.7 Å². The third-order valence-corrected chi connectivity index (χ3v) is 7.77. The number of carbonyl (C=O) groups excluding carboxylic acids is 1. The third kappa shape index (κ3) is 5.28. The molecule has 1 aliphatic rings. The van der Waals surface area contributed by atoms with E-state index in [1.165, 1.54) is 30.6 Å². The van der Waals surface area contributed by atoms with Gasteiger partial charge in [0.1, 0.15) is 6.17 Å². The number of aromatic nitrogens is 2. The zero-order chi connectivity index (χ0) is 26.3. The Bertz CT molecular complexity index is 1450. The molecule has 4 N–H and O–H groups in total. The Morgan fingerprint density at radius 1 is 1.39 bits per heavy atom. The van der Waals surface area contributed by atoms with Crippen molar-refractivity contribution < 1.29 is 22.7 Å². The highest BCUT2D eigenvalue weighted by atomic mass is 32.2. The molecule has 1 fully saturated rings. The first kappa shape index (κ1) is 25.8. The van der Waals surface area contributed by atoms with Crippen LogP contribution in [0.1, 0.15) is 42.6 Å². The number of H-pyrrole nitrogens is 1. The molecule has 1 aromatic carbocycles. The Morgan fingerprint density at radius 2 is 2.08 bits per heavy atom. The van der Waals surface area contributed by atoms with E-state index in [0.29, 0.717) is 53.7 Å². The lowest BCUT2D eigenvalue weighted by molar-refractivity contribution is -0.00177. The third-order valence-electron chi connectivity index (χ3n) is 6.47. The number of rotatable bonds is 7. The summed E-state index contributed by atoms with van der Waals surface area (Å²) in [6.07, 6.45) is 1.98. The second-order valence-electron chi connectivity index (χ2n) is 9.68. The maximum atomic E-state index is 14.3. The number of aromatic amines is 1. The number of halogens is 1. The minimum atomic E-state index is -3.29. The van der Waals surface area contributed by atoms with Crippen molar-refractivity contribution >= 4 is 43.6 Å². The van der Waals surface area contributed by atoms with Crippen molar-refractivity contribution in [2.45, 2.75) is 44.5 Å². The first-order valence-electron chi connectivity index (χ1n) is 11.6. The summed E-state index contributed by atoms with van der Waals surface area (Å²) in [6, 6.07) is 7.14. The van der Waals surface area contributed by atoms with E-state index < -0.39 is 27.7 Å². The predicted octanol–water partition coefficient (Wildman–Crippen LogP) is 2.26. The molecule has 0 unspecified atom stereocenters. The number of amides is 1. The zero-order valence-corrected chi connectivity index (χ0v) is 21.1. The van der Waals surface area contributed by atoms with Gasteiger partial charge in [-0.3, -0.25) is 9.78 Å². The highest BCUT2D eigenvalue weighted by Gasteiger charge is 2.29. The molecule has 0 radical (unpaired) electrons. The van der Waals surface area contributed by atoms with E-state index in [1.807, 2.05) is 0 Å². The topological polar surface area (TPSA) is 151 Å². The Kier molecular flexibility index (Phi) is 6.92. The van der Waals surface area contributed by atoms with Gasteiger partial charge in [-0.15, -0.1) is 0 Å². The standard InChI is InChI=1S/C24H29FN6O4S/c1-24(2,33)19(25)13-28-23(32)17-12-27-20-16-5-4-14(11-26)10-18(16)30-22(20)21(17)29-15-6-8-31(9-7-15)36(3,34)35/h4-5,10,12,15,19,30,33H,6-9,13H2,1-3H3,(H,27,29)(H,28,32)/t19-/m1/s1. The van der Waals surface area contributed by atoms with Crippen molar-refractivity contribution in [1.29, 1.82) is 5.26 Å². The number of nitriles is 1. The quantitative estimate of drug-likeness (QED) is 0.376. The number of nitrogens with zero attached hydrogens (tertiary/aromatic N) is 3. The summed E-state index contributed by atoms with van der Waals surface area (Å²) < 4.78 is 39.5. The number of alkyl halides is 1. The lowest BCUT2D eigenvalue weighted by Gasteiger charge is -2.31. The molecule has 192 valence electrons. The number of benzene rings is 1. The summed E-state index contributed by atoms with van der Waals surface area (Å²) in [5.41, 5.74) is 1.33. The van der Waals surface area contributed by atoms with Crippen LogP contribution in [0.25, 0.3) is 21.9 Å². The summed E-state index contributed by atoms with van der Waals surface area (Å²) in [4.78, 5) is 20.8. The van der Waals surface area contributed by atoms with E-state index in [0.717, 1.165) is 5.39 Å². The van der Waals surface area contributed by atoms with E-state index in [-0.39, 0.29) is 18.2 Å². The molecule has 1 amide bonds. The van der Waals surface area contributed by atoms with E-state index >= 15 is 0 Å². The van der Waals surface area contributed by atoms with Gasteiger partial charge in [0.25, 0.3) is 5.91 Å². The second-order valence-corrected chi connectivity index (χ2v) is 11.7. The van der Waals surface area contributed by atoms with Crippen molar-refractivity contribution in [3.63, 3.8) is 0 Å². The molecule has 3 heterocycles. The van der Waals surface area contributed by atoms with E-state index in [2.05, 4.69) is 26.7 Å². The fourth-order valence-corrected chi connectivity index (χ4v) is 5.15. The molecule has 1 saturated heterocycles. The highest BCUT2D eigenvalue weighted by Crippen LogP contribution is 2.33. The maximum absolute atomic E-state index is 14.3. The van der Waals surface area contributed by atoms with Gasteiger partial charge in [0.15, 0.2) is 0 Å². The van der Waals surface area contributed by atoms with Crippen molar-refractivity contribution in [1.82, 2.24) is 19.6 Å². The van der Waals surface area contributed by atoms with Crippen LogP contribution in [0.4, 0.5) is 10.1 Å². The number of piperidine rings is 1. The summed E-state index contributed by atoms with van der Waals surface area (Å²) in [7, 11) is -3.29. The monoisotopic (exact) mass is 516 g/mol. The van der Waals surface area contributed by atoms with Gasteiger partial charge in [0.2, 0.25) is 10.0 Å². The summed E-state index contributed by atoms with van der Waals surface area (Å²) in [5, 5.41) is 25.8. The lowest BCUT2D eigenvalue weighted by Crippen LogP contribution is -2.43. The van der Waals surface area contributed by atoms with E-state index in [4.69, 9.17) is 0 Å². The number of sulfonamides is 1. The number of aliphatic hydroxyl groups is 1. The van der Waals surface area contributed by atoms with Gasteiger partial charge in [-0.2, -0.15) is 5.26 Å². The number of hydrogen-bond acceptors (Lipinski definition) is 7. The average Bonchev–Trinajstić information content (AvgIpc) is 3.19. The van der Waals surface area contributed by atoms with Gasteiger partial charge in [-0.1, -0.05) is 0 Å². The average molecular weight is 517 g/mol. The van der Waals surface area contributed by atoms with Crippen LogP contribution in [0, 0.1) is 11.3 Å². The zero-order valence-electron chi connectivity index (χ0n) is 20.3. The summed E-state index contributed by atoms with van der Waals surface area (Å²) >= 11 is 0. The molecule has 12 heteroatoms. The molecule has 0 bridgehead atoms. The fourth-order valence-electron chi connectivity index (χ4n) is 4.28. The van der Waals surface area contributed by atoms with Crippen LogP contribution in [-0.2, 0) is 10.0 Å². The first-order chi connectivity index (χ1) is 16.9. The van der Waals surface area contributed by atoms with Crippen molar-refractivity contribution in [2.75, 3.05) is 31.2 Å². The van der Waals surface area contributed by atoms with Gasteiger partial charge in [0.05, 0.1) is 52.3 Å². The summed E-state index contributed by atoms with van der Waals surface area (Å²) in [5.74, 6) is -0.566. The molecule has 0 spiro atoms. The molecule has 2 aromatic heterocycles. The van der Waals surface area contributed by atoms with Crippen LogP contribution in [0.15, 0.2) is 24.4 Å². The fraction of sp³-hybridized carbons (Fsp3) is 0.458. The van der Waals surface area contributed by atoms with Gasteiger partial charge in [0, 0.05) is 36.2 Å². The molecule has 1 atom stereocenters. The smallest absolute Gasteiger partial charge is 0.255 e. The Morgan fingerprint density at radius 3 is 2.69 bits per heavy atom. The van der Waals surface area contributed by atoms with Crippen LogP contribution in [0.2, 0.25) is 0 Å². The second kappa shape index (κ2) is 9.65. The van der Waals surface area contributed by atoms with Crippen LogP contribution < -0.4 is 10.6 Å². The number of fused-ring (bicyclic) bond motifs is 3. The van der Waals surface area contributed by atoms with Crippen LogP contribution in [-0.4, -0.2) is 77.4 Å². The number of carbonyl (C=O) groups is 1. The molecule has 1 aliphatic heterocycles. The molecule has 36 heavy (non-hydrogen) atoms. The van der Waals surface area contributed by atoms with Crippen molar-refractivity contribution in [3.05, 3.63) is 35.5 Å².